The molecule has 1 atom stereocenters. The summed E-state index contributed by atoms with van der Waals surface area (Å²) in [5.41, 5.74) is 1.76. The van der Waals surface area contributed by atoms with E-state index in [2.05, 4.69) is 6.58 Å². The highest BCUT2D eigenvalue weighted by molar-refractivity contribution is 5.74. The van der Waals surface area contributed by atoms with Crippen molar-refractivity contribution in [1.29, 1.82) is 0 Å². The summed E-state index contributed by atoms with van der Waals surface area (Å²) in [5, 5.41) is 0. The highest BCUT2D eigenvalue weighted by Crippen LogP contribution is 2.20. The van der Waals surface area contributed by atoms with Crippen LogP contribution < -0.4 is 0 Å². The van der Waals surface area contributed by atoms with Crippen molar-refractivity contribution in [3.63, 3.8) is 0 Å². The molecule has 0 bridgehead atoms. The lowest BCUT2D eigenvalue weighted by atomic mass is 9.95. The summed E-state index contributed by atoms with van der Waals surface area (Å²) in [7, 11) is 0. The first-order valence-electron chi connectivity index (χ1n) is 3.94. The number of rotatable bonds is 3. The standard InChI is InChI=1S/C11H12O/c1-9(8-12)10(2)11-6-4-3-5-7-11/h3-8,10H,1H2,2H3/t10-/m1/s1. The van der Waals surface area contributed by atoms with E-state index in [4.69, 9.17) is 0 Å². The van der Waals surface area contributed by atoms with Gasteiger partial charge in [-0.3, -0.25) is 4.79 Å². The smallest absolute Gasteiger partial charge is 0.146 e. The molecule has 0 aliphatic rings. The Morgan fingerprint density at radius 3 is 2.50 bits per heavy atom. The van der Waals surface area contributed by atoms with Crippen LogP contribution in [0.4, 0.5) is 0 Å². The van der Waals surface area contributed by atoms with Gasteiger partial charge in [0.15, 0.2) is 0 Å². The first-order chi connectivity index (χ1) is 5.75. The maximum atomic E-state index is 10.4. The van der Waals surface area contributed by atoms with Crippen molar-refractivity contribution in [3.05, 3.63) is 48.0 Å². The van der Waals surface area contributed by atoms with Gasteiger partial charge in [0.25, 0.3) is 0 Å². The molecule has 1 aromatic carbocycles. The summed E-state index contributed by atoms with van der Waals surface area (Å²) in [6.45, 7) is 5.66. The van der Waals surface area contributed by atoms with Crippen molar-refractivity contribution >= 4 is 6.29 Å². The van der Waals surface area contributed by atoms with Crippen molar-refractivity contribution in [2.75, 3.05) is 0 Å². The third kappa shape index (κ3) is 1.82. The van der Waals surface area contributed by atoms with Crippen LogP contribution in [-0.2, 0) is 4.79 Å². The van der Waals surface area contributed by atoms with Gasteiger partial charge in [-0.25, -0.2) is 0 Å². The zero-order valence-electron chi connectivity index (χ0n) is 7.16. The van der Waals surface area contributed by atoms with Crippen molar-refractivity contribution in [2.45, 2.75) is 12.8 Å². The maximum Gasteiger partial charge on any atom is 0.146 e. The quantitative estimate of drug-likeness (QED) is 0.490. The molecule has 0 fully saturated rings. The number of aldehydes is 1. The van der Waals surface area contributed by atoms with E-state index in [0.717, 1.165) is 11.8 Å². The second-order valence-electron chi connectivity index (χ2n) is 2.83. The zero-order valence-corrected chi connectivity index (χ0v) is 7.16. The molecule has 0 amide bonds. The molecule has 1 nitrogen and oxygen atoms in total. The number of benzene rings is 1. The number of carbonyl (C=O) groups excluding carboxylic acids is 1. The maximum absolute atomic E-state index is 10.4. The zero-order chi connectivity index (χ0) is 8.97. The number of allylic oxidation sites excluding steroid dienone is 1. The molecule has 0 unspecified atom stereocenters. The van der Waals surface area contributed by atoms with Crippen LogP contribution in [-0.4, -0.2) is 6.29 Å². The first-order valence-corrected chi connectivity index (χ1v) is 3.94. The topological polar surface area (TPSA) is 17.1 Å². The van der Waals surface area contributed by atoms with Gasteiger partial charge in [0.2, 0.25) is 0 Å². The van der Waals surface area contributed by atoms with Crippen molar-refractivity contribution in [2.24, 2.45) is 0 Å². The molecular weight excluding hydrogens is 148 g/mol. The van der Waals surface area contributed by atoms with E-state index in [9.17, 15) is 4.79 Å². The van der Waals surface area contributed by atoms with Crippen LogP contribution in [0.5, 0.6) is 0 Å². The Morgan fingerprint density at radius 2 is 2.00 bits per heavy atom. The van der Waals surface area contributed by atoms with E-state index >= 15 is 0 Å². The second-order valence-corrected chi connectivity index (χ2v) is 2.83. The van der Waals surface area contributed by atoms with Gasteiger partial charge >= 0.3 is 0 Å². The monoisotopic (exact) mass is 160 g/mol. The Labute approximate surface area is 72.7 Å². The molecule has 0 spiro atoms. The lowest BCUT2D eigenvalue weighted by molar-refractivity contribution is -0.105. The number of hydrogen-bond donors (Lipinski definition) is 0. The number of hydrogen-bond acceptors (Lipinski definition) is 1. The Hall–Kier alpha value is -1.37. The van der Waals surface area contributed by atoms with Gasteiger partial charge in [0.05, 0.1) is 0 Å². The van der Waals surface area contributed by atoms with E-state index in [-0.39, 0.29) is 5.92 Å². The molecule has 0 N–H and O–H groups in total. The molecule has 0 aliphatic heterocycles. The lowest BCUT2D eigenvalue weighted by Gasteiger charge is -2.09. The van der Waals surface area contributed by atoms with Crippen LogP contribution in [0.1, 0.15) is 18.4 Å². The largest absolute Gasteiger partial charge is 0.298 e. The van der Waals surface area contributed by atoms with Crippen molar-refractivity contribution in [3.8, 4) is 0 Å². The first kappa shape index (κ1) is 8.72. The summed E-state index contributed by atoms with van der Waals surface area (Å²) < 4.78 is 0. The fourth-order valence-electron chi connectivity index (χ4n) is 1.06. The Bertz CT molecular complexity index is 274. The summed E-state index contributed by atoms with van der Waals surface area (Å²) >= 11 is 0. The van der Waals surface area contributed by atoms with Gasteiger partial charge < -0.3 is 0 Å². The average molecular weight is 160 g/mol. The van der Waals surface area contributed by atoms with Gasteiger partial charge in [-0.2, -0.15) is 0 Å². The number of carbonyl (C=O) groups is 1. The van der Waals surface area contributed by atoms with Crippen LogP contribution in [0.15, 0.2) is 42.5 Å². The second kappa shape index (κ2) is 3.86. The summed E-state index contributed by atoms with van der Waals surface area (Å²) in [4.78, 5) is 10.4. The van der Waals surface area contributed by atoms with E-state index in [0.29, 0.717) is 5.57 Å². The minimum atomic E-state index is 0.128. The summed E-state index contributed by atoms with van der Waals surface area (Å²) in [5.74, 6) is 0.128. The highest BCUT2D eigenvalue weighted by Gasteiger charge is 2.06. The predicted molar refractivity (Wildman–Crippen MR) is 50.1 cm³/mol. The third-order valence-electron chi connectivity index (χ3n) is 2.01. The van der Waals surface area contributed by atoms with E-state index in [1.165, 1.54) is 0 Å². The van der Waals surface area contributed by atoms with Gasteiger partial charge in [0.1, 0.15) is 6.29 Å². The molecule has 12 heavy (non-hydrogen) atoms. The molecule has 1 rings (SSSR count). The lowest BCUT2D eigenvalue weighted by Crippen LogP contribution is -1.97. The van der Waals surface area contributed by atoms with Gasteiger partial charge in [-0.15, -0.1) is 0 Å². The van der Waals surface area contributed by atoms with E-state index in [1.54, 1.807) is 0 Å². The van der Waals surface area contributed by atoms with Gasteiger partial charge in [-0.05, 0) is 11.1 Å². The van der Waals surface area contributed by atoms with Crippen molar-refractivity contribution < 1.29 is 4.79 Å². The molecule has 0 aromatic heterocycles. The van der Waals surface area contributed by atoms with Crippen LogP contribution >= 0.6 is 0 Å². The van der Waals surface area contributed by atoms with E-state index in [1.807, 2.05) is 37.3 Å². The average Bonchev–Trinajstić information content (AvgIpc) is 2.17. The molecule has 1 aromatic rings. The Kier molecular flexibility index (Phi) is 2.81. The molecule has 1 heteroatoms. The molecule has 62 valence electrons. The van der Waals surface area contributed by atoms with Crippen LogP contribution in [0, 0.1) is 0 Å². The minimum absolute atomic E-state index is 0.128. The fraction of sp³-hybridized carbons (Fsp3) is 0.182. The molecule has 0 radical (unpaired) electrons. The van der Waals surface area contributed by atoms with E-state index < -0.39 is 0 Å². The Morgan fingerprint density at radius 1 is 1.42 bits per heavy atom. The molecule has 0 saturated heterocycles. The highest BCUT2D eigenvalue weighted by atomic mass is 16.1. The molecular formula is C11H12O. The molecule has 0 heterocycles. The van der Waals surface area contributed by atoms with Crippen molar-refractivity contribution in [1.82, 2.24) is 0 Å². The van der Waals surface area contributed by atoms with Crippen LogP contribution in [0.25, 0.3) is 0 Å². The minimum Gasteiger partial charge on any atom is -0.298 e. The molecule has 0 saturated carbocycles. The third-order valence-corrected chi connectivity index (χ3v) is 2.01. The van der Waals surface area contributed by atoms with Gasteiger partial charge in [-0.1, -0.05) is 43.8 Å². The SMILES string of the molecule is C=C(C=O)[C@@H](C)c1ccccc1. The Balaban J connectivity index is 2.85. The molecule has 0 aliphatic carbocycles. The van der Waals surface area contributed by atoms with Crippen LogP contribution in [0.2, 0.25) is 0 Å². The normalized spacial score (nSPS) is 12.1. The summed E-state index contributed by atoms with van der Waals surface area (Å²) in [6, 6.07) is 9.88. The fourth-order valence-corrected chi connectivity index (χ4v) is 1.06. The summed E-state index contributed by atoms with van der Waals surface area (Å²) in [6.07, 6.45) is 0.817. The van der Waals surface area contributed by atoms with Crippen LogP contribution in [0.3, 0.4) is 0 Å². The van der Waals surface area contributed by atoms with Gasteiger partial charge in [0, 0.05) is 5.92 Å². The predicted octanol–water partition coefficient (Wildman–Crippen LogP) is 2.55.